The Kier molecular flexibility index (Phi) is 4.39. The van der Waals surface area contributed by atoms with Gasteiger partial charge in [0, 0.05) is 11.4 Å². The number of aromatic amines is 1. The van der Waals surface area contributed by atoms with Crippen LogP contribution in [0.1, 0.15) is 25.6 Å². The van der Waals surface area contributed by atoms with Crippen LogP contribution in [-0.4, -0.2) is 41.8 Å². The molecule has 0 fully saturated rings. The fourth-order valence-corrected chi connectivity index (χ4v) is 3.26. The first kappa shape index (κ1) is 16.9. The van der Waals surface area contributed by atoms with E-state index in [0.717, 1.165) is 11.0 Å². The third kappa shape index (κ3) is 2.82. The molecule has 2 atom stereocenters. The number of nitrogens with one attached hydrogen (secondary N) is 1. The maximum Gasteiger partial charge on any atom is 0.336 e. The first-order valence-electron chi connectivity index (χ1n) is 7.84. The topological polar surface area (TPSA) is 93.6 Å². The highest BCUT2D eigenvalue weighted by Crippen LogP contribution is 2.39. The number of rotatable bonds is 3. The number of carbonyl (C=O) groups is 2. The summed E-state index contributed by atoms with van der Waals surface area (Å²) < 4.78 is 9.87. The molecule has 7 nitrogen and oxygen atoms in total. The molecule has 25 heavy (non-hydrogen) atoms. The normalized spacial score (nSPS) is 20.4. The van der Waals surface area contributed by atoms with Gasteiger partial charge in [0.05, 0.1) is 36.7 Å². The zero-order chi connectivity index (χ0) is 18.1. The maximum atomic E-state index is 12.4. The zero-order valence-electron chi connectivity index (χ0n) is 14.5. The van der Waals surface area contributed by atoms with E-state index in [0.29, 0.717) is 22.8 Å². The Bertz CT molecular complexity index is 877. The minimum absolute atomic E-state index is 0.308. The van der Waals surface area contributed by atoms with E-state index < -0.39 is 23.8 Å². The summed E-state index contributed by atoms with van der Waals surface area (Å²) in [6, 6.07) is 7.51. The number of benzene rings is 1. The third-order valence-electron chi connectivity index (χ3n) is 4.39. The number of para-hydroxylation sites is 2. The number of nitrogens with zero attached hydrogens (tertiary/aromatic N) is 2. The van der Waals surface area contributed by atoms with Gasteiger partial charge in [-0.3, -0.25) is 9.79 Å². The molecular formula is C18H19N3O4. The summed E-state index contributed by atoms with van der Waals surface area (Å²) in [4.78, 5) is 37.0. The molecule has 1 aliphatic rings. The summed E-state index contributed by atoms with van der Waals surface area (Å²) in [7, 11) is 2.62. The molecule has 130 valence electrons. The number of carbonyl (C=O) groups excluding carboxylic acids is 2. The van der Waals surface area contributed by atoms with E-state index in [2.05, 4.69) is 15.0 Å². The van der Waals surface area contributed by atoms with Crippen molar-refractivity contribution < 1.29 is 19.1 Å². The average Bonchev–Trinajstić information content (AvgIpc) is 3.03. The molecule has 2 heterocycles. The van der Waals surface area contributed by atoms with Gasteiger partial charge >= 0.3 is 11.9 Å². The van der Waals surface area contributed by atoms with Crippen molar-refractivity contribution in [1.82, 2.24) is 9.97 Å². The van der Waals surface area contributed by atoms with Gasteiger partial charge in [0.1, 0.15) is 11.7 Å². The second kappa shape index (κ2) is 6.51. The Labute approximate surface area is 144 Å². The fourth-order valence-electron chi connectivity index (χ4n) is 3.26. The third-order valence-corrected chi connectivity index (χ3v) is 4.39. The van der Waals surface area contributed by atoms with Crippen LogP contribution in [0, 0.1) is 5.92 Å². The van der Waals surface area contributed by atoms with E-state index in [1.54, 1.807) is 13.8 Å². The molecule has 7 heteroatoms. The molecule has 1 unspecified atom stereocenters. The van der Waals surface area contributed by atoms with Crippen LogP contribution in [0.4, 0.5) is 0 Å². The lowest BCUT2D eigenvalue weighted by atomic mass is 9.79. The molecule has 0 amide bonds. The minimum atomic E-state index is -0.747. The van der Waals surface area contributed by atoms with Crippen LogP contribution in [0.15, 0.2) is 40.5 Å². The summed E-state index contributed by atoms with van der Waals surface area (Å²) in [5.74, 6) is -1.90. The molecule has 1 aromatic heterocycles. The molecule has 0 spiro atoms. The number of hydrogen-bond donors (Lipinski definition) is 1. The molecule has 1 aliphatic heterocycles. The van der Waals surface area contributed by atoms with Gasteiger partial charge in [0.15, 0.2) is 0 Å². The van der Waals surface area contributed by atoms with Crippen molar-refractivity contribution in [3.05, 3.63) is 41.4 Å². The summed E-state index contributed by atoms with van der Waals surface area (Å²) in [6.45, 7) is 3.47. The number of aromatic nitrogens is 2. The number of imidazole rings is 1. The van der Waals surface area contributed by atoms with E-state index in [4.69, 9.17) is 9.47 Å². The lowest BCUT2D eigenvalue weighted by molar-refractivity contribution is -0.143. The Hall–Kier alpha value is -2.96. The first-order chi connectivity index (χ1) is 12.0. The summed E-state index contributed by atoms with van der Waals surface area (Å²) in [6.07, 6.45) is 0. The minimum Gasteiger partial charge on any atom is -0.468 e. The molecule has 1 aromatic carbocycles. The number of allylic oxidation sites excluding steroid dienone is 1. The van der Waals surface area contributed by atoms with E-state index in [9.17, 15) is 9.59 Å². The molecule has 0 radical (unpaired) electrons. The standard InChI is InChI=1S/C18H19N3O4/c1-9-13(17(22)24-3)15(14(10(2)19-9)18(23)25-4)16-20-11-7-5-6-8-12(11)21-16/h5-8,13,15H,1-4H3,(H,20,21)/t13?,15-/m0/s1. The highest BCUT2D eigenvalue weighted by molar-refractivity contribution is 6.06. The van der Waals surface area contributed by atoms with E-state index in [1.165, 1.54) is 14.2 Å². The van der Waals surface area contributed by atoms with Crippen LogP contribution >= 0.6 is 0 Å². The highest BCUT2D eigenvalue weighted by Gasteiger charge is 2.43. The van der Waals surface area contributed by atoms with Crippen molar-refractivity contribution in [2.24, 2.45) is 10.9 Å². The molecule has 1 N–H and O–H groups in total. The van der Waals surface area contributed by atoms with Gasteiger partial charge in [-0.1, -0.05) is 12.1 Å². The molecule has 2 aromatic rings. The number of H-pyrrole nitrogens is 1. The van der Waals surface area contributed by atoms with Crippen molar-refractivity contribution in [3.8, 4) is 0 Å². The van der Waals surface area contributed by atoms with Gasteiger partial charge in [0.25, 0.3) is 0 Å². The molecule has 0 saturated heterocycles. The first-order valence-corrected chi connectivity index (χ1v) is 7.84. The lowest BCUT2D eigenvalue weighted by Crippen LogP contribution is -2.36. The van der Waals surface area contributed by atoms with Crippen LogP contribution < -0.4 is 0 Å². The van der Waals surface area contributed by atoms with Gasteiger partial charge in [-0.2, -0.15) is 0 Å². The quantitative estimate of drug-likeness (QED) is 0.865. The number of methoxy groups -OCH3 is 2. The largest absolute Gasteiger partial charge is 0.468 e. The Morgan fingerprint density at radius 3 is 2.48 bits per heavy atom. The zero-order valence-corrected chi connectivity index (χ0v) is 14.5. The van der Waals surface area contributed by atoms with Gasteiger partial charge in [-0.05, 0) is 26.0 Å². The number of hydrogen-bond acceptors (Lipinski definition) is 6. The van der Waals surface area contributed by atoms with E-state index >= 15 is 0 Å². The van der Waals surface area contributed by atoms with Gasteiger partial charge in [-0.25, -0.2) is 9.78 Å². The monoisotopic (exact) mass is 341 g/mol. The van der Waals surface area contributed by atoms with Gasteiger partial charge < -0.3 is 14.5 Å². The van der Waals surface area contributed by atoms with Crippen LogP contribution in [-0.2, 0) is 19.1 Å². The molecular weight excluding hydrogens is 322 g/mol. The number of aliphatic imine (C=N–C) groups is 1. The smallest absolute Gasteiger partial charge is 0.336 e. The number of fused-ring (bicyclic) bond motifs is 1. The highest BCUT2D eigenvalue weighted by atomic mass is 16.5. The van der Waals surface area contributed by atoms with E-state index in [1.807, 2.05) is 24.3 Å². The van der Waals surface area contributed by atoms with E-state index in [-0.39, 0.29) is 0 Å². The summed E-state index contributed by atoms with van der Waals surface area (Å²) >= 11 is 0. The second-order valence-corrected chi connectivity index (χ2v) is 5.86. The number of esters is 2. The van der Waals surface area contributed by atoms with Crippen LogP contribution in [0.3, 0.4) is 0 Å². The summed E-state index contributed by atoms with van der Waals surface area (Å²) in [5, 5.41) is 0. The Morgan fingerprint density at radius 1 is 1.12 bits per heavy atom. The van der Waals surface area contributed by atoms with Gasteiger partial charge in [0.2, 0.25) is 0 Å². The SMILES string of the molecule is COC(=O)C1=C(C)N=C(C)C(C(=O)OC)[C@@H]1c1nc2ccccc2[nH]1. The molecule has 0 saturated carbocycles. The Morgan fingerprint density at radius 2 is 1.84 bits per heavy atom. The molecule has 3 rings (SSSR count). The Balaban J connectivity index is 2.22. The molecule has 0 bridgehead atoms. The fraction of sp³-hybridized carbons (Fsp3) is 0.333. The summed E-state index contributed by atoms with van der Waals surface area (Å²) in [5.41, 5.74) is 2.96. The lowest BCUT2D eigenvalue weighted by Gasteiger charge is -2.29. The van der Waals surface area contributed by atoms with Crippen molar-refractivity contribution in [2.45, 2.75) is 19.8 Å². The van der Waals surface area contributed by atoms with Crippen LogP contribution in [0.2, 0.25) is 0 Å². The maximum absolute atomic E-state index is 12.4. The van der Waals surface area contributed by atoms with Gasteiger partial charge in [-0.15, -0.1) is 0 Å². The van der Waals surface area contributed by atoms with Crippen LogP contribution in [0.5, 0.6) is 0 Å². The van der Waals surface area contributed by atoms with Crippen molar-refractivity contribution in [1.29, 1.82) is 0 Å². The van der Waals surface area contributed by atoms with Crippen molar-refractivity contribution >= 4 is 28.7 Å². The average molecular weight is 341 g/mol. The number of ether oxygens (including phenoxy) is 2. The van der Waals surface area contributed by atoms with Crippen molar-refractivity contribution in [2.75, 3.05) is 14.2 Å². The predicted octanol–water partition coefficient (Wildman–Crippen LogP) is 2.36. The second-order valence-electron chi connectivity index (χ2n) is 5.86. The molecule has 0 aliphatic carbocycles. The predicted molar refractivity (Wildman–Crippen MR) is 92.2 cm³/mol. The van der Waals surface area contributed by atoms with Crippen molar-refractivity contribution in [3.63, 3.8) is 0 Å². The van der Waals surface area contributed by atoms with Crippen LogP contribution in [0.25, 0.3) is 11.0 Å².